The fourth-order valence-corrected chi connectivity index (χ4v) is 1.66. The lowest BCUT2D eigenvalue weighted by Crippen LogP contribution is -2.37. The number of carbonyl (C=O) groups excluding carboxylic acids is 1. The van der Waals surface area contributed by atoms with Crippen molar-refractivity contribution in [3.05, 3.63) is 0 Å². The second-order valence-electron chi connectivity index (χ2n) is 5.31. The quantitative estimate of drug-likeness (QED) is 0.514. The minimum absolute atomic E-state index is 0.0664. The standard InChI is InChI=1S/C13H26ClNO/c1-5-6-7-8-9-13(3,4)10-15-12(16)11(2)14/h11H,5-10H2,1-4H3,(H,15,16)/t11-/m1/s1. The zero-order valence-corrected chi connectivity index (χ0v) is 11.9. The normalized spacial score (nSPS) is 13.6. The molecule has 0 bridgehead atoms. The van der Waals surface area contributed by atoms with E-state index >= 15 is 0 Å². The molecule has 0 rings (SSSR count). The molecule has 0 radical (unpaired) electrons. The van der Waals surface area contributed by atoms with Crippen LogP contribution in [0.15, 0.2) is 0 Å². The van der Waals surface area contributed by atoms with Crippen LogP contribution in [-0.2, 0) is 4.79 Å². The Morgan fingerprint density at radius 3 is 2.44 bits per heavy atom. The third kappa shape index (κ3) is 7.98. The summed E-state index contributed by atoms with van der Waals surface area (Å²) in [5, 5.41) is 2.46. The second-order valence-corrected chi connectivity index (χ2v) is 5.96. The van der Waals surface area contributed by atoms with E-state index < -0.39 is 5.38 Å². The van der Waals surface area contributed by atoms with Crippen LogP contribution in [0.3, 0.4) is 0 Å². The van der Waals surface area contributed by atoms with Crippen molar-refractivity contribution in [3.63, 3.8) is 0 Å². The monoisotopic (exact) mass is 247 g/mol. The zero-order valence-electron chi connectivity index (χ0n) is 11.1. The predicted octanol–water partition coefficient (Wildman–Crippen LogP) is 3.73. The summed E-state index contributed by atoms with van der Waals surface area (Å²) in [6, 6.07) is 0. The van der Waals surface area contributed by atoms with Crippen LogP contribution < -0.4 is 5.32 Å². The molecule has 1 amide bonds. The molecule has 0 aromatic rings. The molecule has 0 unspecified atom stereocenters. The molecule has 0 aliphatic carbocycles. The largest absolute Gasteiger partial charge is 0.354 e. The Balaban J connectivity index is 3.73. The zero-order chi connectivity index (χ0) is 12.6. The van der Waals surface area contributed by atoms with E-state index in [0.29, 0.717) is 0 Å². The molecule has 2 nitrogen and oxygen atoms in total. The topological polar surface area (TPSA) is 29.1 Å². The summed E-state index contributed by atoms with van der Waals surface area (Å²) in [5.74, 6) is -0.0664. The molecular weight excluding hydrogens is 222 g/mol. The smallest absolute Gasteiger partial charge is 0.237 e. The molecule has 1 N–H and O–H groups in total. The molecule has 16 heavy (non-hydrogen) atoms. The molecule has 0 saturated heterocycles. The van der Waals surface area contributed by atoms with E-state index in [-0.39, 0.29) is 11.3 Å². The highest BCUT2D eigenvalue weighted by atomic mass is 35.5. The number of carbonyl (C=O) groups is 1. The summed E-state index contributed by atoms with van der Waals surface area (Å²) in [6.45, 7) is 9.02. The van der Waals surface area contributed by atoms with Gasteiger partial charge < -0.3 is 5.32 Å². The van der Waals surface area contributed by atoms with Crippen LogP contribution in [0.2, 0.25) is 0 Å². The van der Waals surface area contributed by atoms with Gasteiger partial charge in [0, 0.05) is 6.54 Å². The van der Waals surface area contributed by atoms with Crippen molar-refractivity contribution in [3.8, 4) is 0 Å². The van der Waals surface area contributed by atoms with Gasteiger partial charge in [0.05, 0.1) is 0 Å². The van der Waals surface area contributed by atoms with E-state index in [4.69, 9.17) is 11.6 Å². The van der Waals surface area contributed by atoms with Crippen LogP contribution in [0, 0.1) is 5.41 Å². The van der Waals surface area contributed by atoms with E-state index in [1.165, 1.54) is 25.7 Å². The molecule has 0 fully saturated rings. The van der Waals surface area contributed by atoms with E-state index in [1.54, 1.807) is 6.92 Å². The average Bonchev–Trinajstić information content (AvgIpc) is 2.21. The van der Waals surface area contributed by atoms with Gasteiger partial charge in [-0.2, -0.15) is 0 Å². The van der Waals surface area contributed by atoms with Crippen molar-refractivity contribution in [2.24, 2.45) is 5.41 Å². The Labute approximate surface area is 105 Å². The molecule has 0 aliphatic heterocycles. The fourth-order valence-electron chi connectivity index (χ4n) is 1.59. The molecule has 3 heteroatoms. The number of alkyl halides is 1. The highest BCUT2D eigenvalue weighted by Gasteiger charge is 2.19. The van der Waals surface area contributed by atoms with Gasteiger partial charge in [-0.25, -0.2) is 0 Å². The van der Waals surface area contributed by atoms with Gasteiger partial charge in [0.15, 0.2) is 0 Å². The van der Waals surface area contributed by atoms with Crippen molar-refractivity contribution >= 4 is 17.5 Å². The molecule has 0 heterocycles. The Hall–Kier alpha value is -0.240. The number of amides is 1. The first-order valence-electron chi connectivity index (χ1n) is 6.31. The number of rotatable bonds is 8. The molecule has 0 aliphatic rings. The fraction of sp³-hybridized carbons (Fsp3) is 0.923. The maximum Gasteiger partial charge on any atom is 0.237 e. The summed E-state index contributed by atoms with van der Waals surface area (Å²) in [7, 11) is 0. The van der Waals surface area contributed by atoms with Gasteiger partial charge in [-0.1, -0.05) is 46.5 Å². The lowest BCUT2D eigenvalue weighted by molar-refractivity contribution is -0.120. The summed E-state index contributed by atoms with van der Waals surface area (Å²) in [4.78, 5) is 11.3. The number of halogens is 1. The van der Waals surface area contributed by atoms with Gasteiger partial charge >= 0.3 is 0 Å². The first-order valence-corrected chi connectivity index (χ1v) is 6.74. The van der Waals surface area contributed by atoms with E-state index in [1.807, 2.05) is 0 Å². The van der Waals surface area contributed by atoms with Crippen LogP contribution in [0.1, 0.15) is 59.8 Å². The SMILES string of the molecule is CCCCCCC(C)(C)CNC(=O)[C@@H](C)Cl. The first kappa shape index (κ1) is 15.8. The van der Waals surface area contributed by atoms with Crippen molar-refractivity contribution in [2.75, 3.05) is 6.54 Å². The van der Waals surface area contributed by atoms with Crippen LogP contribution in [0.4, 0.5) is 0 Å². The lowest BCUT2D eigenvalue weighted by Gasteiger charge is -2.25. The van der Waals surface area contributed by atoms with Crippen LogP contribution in [0.5, 0.6) is 0 Å². The molecule has 0 spiro atoms. The van der Waals surface area contributed by atoms with Crippen molar-refractivity contribution in [1.82, 2.24) is 5.32 Å². The second kappa shape index (κ2) is 7.94. The first-order chi connectivity index (χ1) is 7.39. The van der Waals surface area contributed by atoms with Gasteiger partial charge in [0.25, 0.3) is 0 Å². The van der Waals surface area contributed by atoms with Crippen molar-refractivity contribution < 1.29 is 4.79 Å². The Bertz CT molecular complexity index is 202. The van der Waals surface area contributed by atoms with Crippen molar-refractivity contribution in [2.45, 2.75) is 65.2 Å². The maximum absolute atomic E-state index is 11.3. The molecule has 0 aromatic carbocycles. The average molecular weight is 248 g/mol. The van der Waals surface area contributed by atoms with E-state index in [0.717, 1.165) is 13.0 Å². The highest BCUT2D eigenvalue weighted by molar-refractivity contribution is 6.30. The highest BCUT2D eigenvalue weighted by Crippen LogP contribution is 2.23. The van der Waals surface area contributed by atoms with Gasteiger partial charge in [0.1, 0.15) is 5.38 Å². The van der Waals surface area contributed by atoms with Gasteiger partial charge in [-0.3, -0.25) is 4.79 Å². The lowest BCUT2D eigenvalue weighted by atomic mass is 9.86. The minimum atomic E-state index is -0.434. The molecule has 96 valence electrons. The van der Waals surface area contributed by atoms with Crippen LogP contribution in [0.25, 0.3) is 0 Å². The molecule has 0 aromatic heterocycles. The summed E-state index contributed by atoms with van der Waals surface area (Å²) >= 11 is 5.69. The predicted molar refractivity (Wildman–Crippen MR) is 70.9 cm³/mol. The molecule has 0 saturated carbocycles. The summed E-state index contributed by atoms with van der Waals surface area (Å²) in [6.07, 6.45) is 6.26. The number of nitrogens with one attached hydrogen (secondary N) is 1. The number of hydrogen-bond donors (Lipinski definition) is 1. The third-order valence-electron chi connectivity index (χ3n) is 2.81. The summed E-state index contributed by atoms with van der Waals surface area (Å²) in [5.41, 5.74) is 0.176. The van der Waals surface area contributed by atoms with Crippen molar-refractivity contribution in [1.29, 1.82) is 0 Å². The number of hydrogen-bond acceptors (Lipinski definition) is 1. The number of unbranched alkanes of at least 4 members (excludes halogenated alkanes) is 3. The third-order valence-corrected chi connectivity index (χ3v) is 3.01. The van der Waals surface area contributed by atoms with Crippen LogP contribution >= 0.6 is 11.6 Å². The van der Waals surface area contributed by atoms with E-state index in [9.17, 15) is 4.79 Å². The Morgan fingerprint density at radius 2 is 1.94 bits per heavy atom. The van der Waals surface area contributed by atoms with Gasteiger partial charge in [-0.05, 0) is 18.8 Å². The summed E-state index contributed by atoms with van der Waals surface area (Å²) < 4.78 is 0. The van der Waals surface area contributed by atoms with Crippen LogP contribution in [-0.4, -0.2) is 17.8 Å². The maximum atomic E-state index is 11.3. The minimum Gasteiger partial charge on any atom is -0.354 e. The van der Waals surface area contributed by atoms with E-state index in [2.05, 4.69) is 26.1 Å². The Morgan fingerprint density at radius 1 is 1.31 bits per heavy atom. The Kier molecular flexibility index (Phi) is 7.82. The molecular formula is C13H26ClNO. The molecule has 1 atom stereocenters. The van der Waals surface area contributed by atoms with Gasteiger partial charge in [-0.15, -0.1) is 11.6 Å². The van der Waals surface area contributed by atoms with Gasteiger partial charge in [0.2, 0.25) is 5.91 Å².